The lowest BCUT2D eigenvalue weighted by Gasteiger charge is -2.26. The predicted octanol–water partition coefficient (Wildman–Crippen LogP) is 2.26. The van der Waals surface area contributed by atoms with Gasteiger partial charge in [0.1, 0.15) is 6.04 Å². The van der Waals surface area contributed by atoms with Gasteiger partial charge in [0.2, 0.25) is 5.91 Å². The van der Waals surface area contributed by atoms with Gasteiger partial charge in [-0.2, -0.15) is 0 Å². The first-order valence-corrected chi connectivity index (χ1v) is 10.0. The first kappa shape index (κ1) is 21.0. The molecule has 3 rings (SSSR count). The lowest BCUT2D eigenvalue weighted by atomic mass is 10.1. The highest BCUT2D eigenvalue weighted by molar-refractivity contribution is 5.97. The van der Waals surface area contributed by atoms with Crippen LogP contribution >= 0.6 is 0 Å². The fourth-order valence-electron chi connectivity index (χ4n) is 3.25. The Labute approximate surface area is 172 Å². The van der Waals surface area contributed by atoms with Crippen LogP contribution in [0.4, 0.5) is 0 Å². The maximum Gasteiger partial charge on any atom is 0.251 e. The molecule has 2 aromatic rings. The number of hydrogen-bond acceptors (Lipinski definition) is 4. The van der Waals surface area contributed by atoms with Crippen LogP contribution in [0.15, 0.2) is 48.5 Å². The summed E-state index contributed by atoms with van der Waals surface area (Å²) >= 11 is 0. The molecule has 0 unspecified atom stereocenters. The van der Waals surface area contributed by atoms with Gasteiger partial charge in [0, 0.05) is 31.7 Å². The zero-order valence-electron chi connectivity index (χ0n) is 17.1. The Hall–Kier alpha value is -2.70. The molecule has 2 aromatic carbocycles. The van der Waals surface area contributed by atoms with Crippen molar-refractivity contribution in [2.75, 3.05) is 26.3 Å². The zero-order chi connectivity index (χ0) is 20.6. The molecular weight excluding hydrogens is 366 g/mol. The van der Waals surface area contributed by atoms with Crippen molar-refractivity contribution in [3.8, 4) is 0 Å². The number of aryl methyl sites for hydroxylation is 1. The van der Waals surface area contributed by atoms with Crippen LogP contribution in [0.25, 0.3) is 0 Å². The highest BCUT2D eigenvalue weighted by atomic mass is 16.5. The summed E-state index contributed by atoms with van der Waals surface area (Å²) in [4.78, 5) is 27.0. The third kappa shape index (κ3) is 6.41. The van der Waals surface area contributed by atoms with Gasteiger partial charge in [-0.15, -0.1) is 0 Å². The van der Waals surface area contributed by atoms with E-state index in [0.717, 1.165) is 44.0 Å². The number of carbonyl (C=O) groups excluding carboxylic acids is 2. The molecule has 0 aliphatic carbocycles. The van der Waals surface area contributed by atoms with Gasteiger partial charge in [0.05, 0.1) is 13.2 Å². The minimum Gasteiger partial charge on any atom is -0.379 e. The van der Waals surface area contributed by atoms with Crippen molar-refractivity contribution < 1.29 is 14.3 Å². The molecule has 0 bridgehead atoms. The fraction of sp³-hybridized carbons (Fsp3) is 0.391. The van der Waals surface area contributed by atoms with Crippen molar-refractivity contribution in [3.63, 3.8) is 0 Å². The zero-order valence-corrected chi connectivity index (χ0v) is 17.1. The van der Waals surface area contributed by atoms with E-state index in [2.05, 4.69) is 27.7 Å². The van der Waals surface area contributed by atoms with E-state index in [1.54, 1.807) is 19.1 Å². The maximum atomic E-state index is 12.3. The average molecular weight is 396 g/mol. The number of ether oxygens (including phenoxy) is 1. The van der Waals surface area contributed by atoms with Crippen LogP contribution < -0.4 is 10.6 Å². The standard InChI is InChI=1S/C23H29N3O3/c1-17-4-3-5-21(14-17)23(28)25-18(2)22(27)24-15-19-6-8-20(9-7-19)16-26-10-12-29-13-11-26/h3-9,14,18H,10-13,15-16H2,1-2H3,(H,24,27)(H,25,28)/t18-/m0/s1. The Bertz CT molecular complexity index is 830. The Balaban J connectivity index is 1.45. The molecule has 6 heteroatoms. The van der Waals surface area contributed by atoms with Gasteiger partial charge in [-0.1, -0.05) is 42.0 Å². The number of nitrogens with zero attached hydrogens (tertiary/aromatic N) is 1. The molecule has 0 spiro atoms. The quantitative estimate of drug-likeness (QED) is 0.755. The second-order valence-corrected chi connectivity index (χ2v) is 7.49. The Morgan fingerprint density at radius 2 is 1.76 bits per heavy atom. The van der Waals surface area contributed by atoms with Crippen LogP contribution in [0.5, 0.6) is 0 Å². The molecule has 0 saturated carbocycles. The number of carbonyl (C=O) groups is 2. The SMILES string of the molecule is Cc1cccc(C(=O)N[C@@H](C)C(=O)NCc2ccc(CN3CCOCC3)cc2)c1. The Kier molecular flexibility index (Phi) is 7.38. The topological polar surface area (TPSA) is 70.7 Å². The van der Waals surface area contributed by atoms with Gasteiger partial charge in [-0.25, -0.2) is 0 Å². The highest BCUT2D eigenvalue weighted by Crippen LogP contribution is 2.09. The van der Waals surface area contributed by atoms with E-state index >= 15 is 0 Å². The van der Waals surface area contributed by atoms with Crippen LogP contribution in [0.3, 0.4) is 0 Å². The Morgan fingerprint density at radius 3 is 2.45 bits per heavy atom. The number of rotatable bonds is 7. The van der Waals surface area contributed by atoms with Crippen molar-refractivity contribution in [3.05, 3.63) is 70.8 Å². The molecule has 1 heterocycles. The summed E-state index contributed by atoms with van der Waals surface area (Å²) in [6.07, 6.45) is 0. The molecule has 1 saturated heterocycles. The minimum atomic E-state index is -0.608. The van der Waals surface area contributed by atoms with Crippen LogP contribution in [-0.2, 0) is 22.6 Å². The van der Waals surface area contributed by atoms with E-state index < -0.39 is 6.04 Å². The number of hydrogen-bond donors (Lipinski definition) is 2. The van der Waals surface area contributed by atoms with Crippen LogP contribution in [0.1, 0.15) is 34.0 Å². The molecule has 29 heavy (non-hydrogen) atoms. The normalized spacial score (nSPS) is 15.5. The third-order valence-electron chi connectivity index (χ3n) is 5.02. The van der Waals surface area contributed by atoms with Crippen molar-refractivity contribution in [1.82, 2.24) is 15.5 Å². The van der Waals surface area contributed by atoms with Gasteiger partial charge in [-0.05, 0) is 37.1 Å². The first-order valence-electron chi connectivity index (χ1n) is 10.0. The summed E-state index contributed by atoms with van der Waals surface area (Å²) < 4.78 is 5.38. The molecule has 1 aliphatic heterocycles. The van der Waals surface area contributed by atoms with Gasteiger partial charge in [0.25, 0.3) is 5.91 Å². The number of nitrogens with one attached hydrogen (secondary N) is 2. The number of benzene rings is 2. The van der Waals surface area contributed by atoms with Gasteiger partial charge in [0.15, 0.2) is 0 Å². The van der Waals surface area contributed by atoms with Crippen molar-refractivity contribution >= 4 is 11.8 Å². The molecule has 0 radical (unpaired) electrons. The van der Waals surface area contributed by atoms with Gasteiger partial charge in [-0.3, -0.25) is 14.5 Å². The summed E-state index contributed by atoms with van der Waals surface area (Å²) in [5.74, 6) is -0.452. The molecule has 1 aliphatic rings. The molecule has 1 fully saturated rings. The lowest BCUT2D eigenvalue weighted by Crippen LogP contribution is -2.44. The van der Waals surface area contributed by atoms with E-state index in [1.165, 1.54) is 5.56 Å². The number of morpholine rings is 1. The highest BCUT2D eigenvalue weighted by Gasteiger charge is 2.16. The average Bonchev–Trinajstić information content (AvgIpc) is 2.73. The second kappa shape index (κ2) is 10.2. The molecule has 2 amide bonds. The molecule has 2 N–H and O–H groups in total. The second-order valence-electron chi connectivity index (χ2n) is 7.49. The smallest absolute Gasteiger partial charge is 0.251 e. The van der Waals surface area contributed by atoms with E-state index in [-0.39, 0.29) is 11.8 Å². The number of amides is 2. The monoisotopic (exact) mass is 395 g/mol. The largest absolute Gasteiger partial charge is 0.379 e. The van der Waals surface area contributed by atoms with Crippen LogP contribution in [-0.4, -0.2) is 49.1 Å². The fourth-order valence-corrected chi connectivity index (χ4v) is 3.25. The molecule has 154 valence electrons. The van der Waals surface area contributed by atoms with Crippen molar-refractivity contribution in [1.29, 1.82) is 0 Å². The summed E-state index contributed by atoms with van der Waals surface area (Å²) in [7, 11) is 0. The van der Waals surface area contributed by atoms with Crippen molar-refractivity contribution in [2.45, 2.75) is 33.0 Å². The summed E-state index contributed by atoms with van der Waals surface area (Å²) in [5, 5.41) is 5.63. The maximum absolute atomic E-state index is 12.3. The molecule has 6 nitrogen and oxygen atoms in total. The van der Waals surface area contributed by atoms with Crippen LogP contribution in [0, 0.1) is 6.92 Å². The van der Waals surface area contributed by atoms with Gasteiger partial charge >= 0.3 is 0 Å². The van der Waals surface area contributed by atoms with E-state index in [4.69, 9.17) is 4.74 Å². The summed E-state index contributed by atoms with van der Waals surface area (Å²) in [6.45, 7) is 8.48. The summed E-state index contributed by atoms with van der Waals surface area (Å²) in [5.41, 5.74) is 3.84. The minimum absolute atomic E-state index is 0.205. The first-order chi connectivity index (χ1) is 14.0. The summed E-state index contributed by atoms with van der Waals surface area (Å²) in [6, 6.07) is 15.0. The van der Waals surface area contributed by atoms with E-state index in [1.807, 2.05) is 31.2 Å². The molecule has 0 aromatic heterocycles. The van der Waals surface area contributed by atoms with E-state index in [9.17, 15) is 9.59 Å². The lowest BCUT2D eigenvalue weighted by molar-refractivity contribution is -0.122. The third-order valence-corrected chi connectivity index (χ3v) is 5.02. The van der Waals surface area contributed by atoms with Gasteiger partial charge < -0.3 is 15.4 Å². The van der Waals surface area contributed by atoms with Crippen LogP contribution in [0.2, 0.25) is 0 Å². The Morgan fingerprint density at radius 1 is 1.07 bits per heavy atom. The molecular formula is C23H29N3O3. The van der Waals surface area contributed by atoms with Crippen molar-refractivity contribution in [2.24, 2.45) is 0 Å². The van der Waals surface area contributed by atoms with E-state index in [0.29, 0.717) is 12.1 Å². The molecule has 1 atom stereocenters. The predicted molar refractivity (Wildman–Crippen MR) is 112 cm³/mol.